The van der Waals surface area contributed by atoms with Gasteiger partial charge < -0.3 is 9.88 Å². The van der Waals surface area contributed by atoms with Crippen LogP contribution in [0.1, 0.15) is 27.4 Å². The molecular weight excluding hydrogens is 228 g/mol. The van der Waals surface area contributed by atoms with Crippen LogP contribution in [0.15, 0.2) is 17.5 Å². The van der Waals surface area contributed by atoms with Gasteiger partial charge in [-0.1, -0.05) is 0 Å². The number of nitrogens with one attached hydrogen (secondary N) is 1. The highest BCUT2D eigenvalue weighted by atomic mass is 32.1. The number of thiophene rings is 1. The molecule has 0 aliphatic heterocycles. The van der Waals surface area contributed by atoms with Gasteiger partial charge >= 0.3 is 0 Å². The minimum atomic E-state index is 0.949. The van der Waals surface area contributed by atoms with Crippen molar-refractivity contribution >= 4 is 11.3 Å². The van der Waals surface area contributed by atoms with Crippen molar-refractivity contribution in [3.63, 3.8) is 0 Å². The Morgan fingerprint density at radius 1 is 1.24 bits per heavy atom. The third-order valence-electron chi connectivity index (χ3n) is 3.45. The van der Waals surface area contributed by atoms with E-state index in [1.807, 2.05) is 11.3 Å². The van der Waals surface area contributed by atoms with Crippen LogP contribution in [0.3, 0.4) is 0 Å². The van der Waals surface area contributed by atoms with Crippen LogP contribution in [0.4, 0.5) is 0 Å². The number of hydrogen-bond acceptors (Lipinski definition) is 2. The van der Waals surface area contributed by atoms with Gasteiger partial charge in [-0.2, -0.15) is 0 Å². The molecule has 0 radical (unpaired) electrons. The van der Waals surface area contributed by atoms with Crippen molar-refractivity contribution in [3.8, 4) is 0 Å². The SMILES string of the molecule is Cc1ccsc1CNCc1cc(C)n(C)c1C. The molecule has 92 valence electrons. The van der Waals surface area contributed by atoms with Crippen molar-refractivity contribution in [2.24, 2.45) is 7.05 Å². The molecule has 0 spiro atoms. The summed E-state index contributed by atoms with van der Waals surface area (Å²) >= 11 is 1.83. The first-order chi connectivity index (χ1) is 8.09. The van der Waals surface area contributed by atoms with E-state index in [0.29, 0.717) is 0 Å². The molecule has 0 atom stereocenters. The minimum Gasteiger partial charge on any atom is -0.352 e. The number of aryl methyl sites for hydroxylation is 2. The fraction of sp³-hybridized carbons (Fsp3) is 0.429. The first-order valence-electron chi connectivity index (χ1n) is 5.95. The number of hydrogen-bond donors (Lipinski definition) is 1. The monoisotopic (exact) mass is 248 g/mol. The summed E-state index contributed by atoms with van der Waals surface area (Å²) in [5.74, 6) is 0. The first kappa shape index (κ1) is 12.4. The van der Waals surface area contributed by atoms with E-state index in [1.54, 1.807) is 0 Å². The molecule has 0 aliphatic rings. The Balaban J connectivity index is 1.95. The van der Waals surface area contributed by atoms with Gasteiger partial charge in [0.05, 0.1) is 0 Å². The fourth-order valence-corrected chi connectivity index (χ4v) is 2.88. The van der Waals surface area contributed by atoms with Crippen molar-refractivity contribution in [3.05, 3.63) is 44.9 Å². The van der Waals surface area contributed by atoms with Crippen LogP contribution in [0.2, 0.25) is 0 Å². The molecule has 1 N–H and O–H groups in total. The van der Waals surface area contributed by atoms with E-state index in [9.17, 15) is 0 Å². The van der Waals surface area contributed by atoms with Crippen molar-refractivity contribution in [1.29, 1.82) is 0 Å². The van der Waals surface area contributed by atoms with Gasteiger partial charge in [0.2, 0.25) is 0 Å². The highest BCUT2D eigenvalue weighted by molar-refractivity contribution is 7.10. The Hall–Kier alpha value is -1.06. The fourth-order valence-electron chi connectivity index (χ4n) is 2.01. The highest BCUT2D eigenvalue weighted by Gasteiger charge is 2.06. The predicted octanol–water partition coefficient (Wildman–Crippen LogP) is 3.30. The summed E-state index contributed by atoms with van der Waals surface area (Å²) in [6.45, 7) is 8.42. The van der Waals surface area contributed by atoms with Crippen LogP contribution in [0.5, 0.6) is 0 Å². The summed E-state index contributed by atoms with van der Waals surface area (Å²) in [7, 11) is 2.12. The van der Waals surface area contributed by atoms with E-state index in [4.69, 9.17) is 0 Å². The van der Waals surface area contributed by atoms with E-state index in [1.165, 1.54) is 27.4 Å². The molecular formula is C14H20N2S. The molecule has 0 aromatic carbocycles. The maximum Gasteiger partial charge on any atom is 0.0305 e. The Morgan fingerprint density at radius 3 is 2.53 bits per heavy atom. The van der Waals surface area contributed by atoms with Gasteiger partial charge in [-0.05, 0) is 49.4 Å². The van der Waals surface area contributed by atoms with Gasteiger partial charge in [-0.25, -0.2) is 0 Å². The second-order valence-electron chi connectivity index (χ2n) is 4.59. The van der Waals surface area contributed by atoms with E-state index >= 15 is 0 Å². The Kier molecular flexibility index (Phi) is 3.69. The van der Waals surface area contributed by atoms with Gasteiger partial charge in [-0.15, -0.1) is 11.3 Å². The van der Waals surface area contributed by atoms with Crippen LogP contribution >= 0.6 is 11.3 Å². The van der Waals surface area contributed by atoms with Crippen LogP contribution in [0.25, 0.3) is 0 Å². The topological polar surface area (TPSA) is 17.0 Å². The van der Waals surface area contributed by atoms with Crippen molar-refractivity contribution in [2.75, 3.05) is 0 Å². The molecule has 3 heteroatoms. The first-order valence-corrected chi connectivity index (χ1v) is 6.83. The molecule has 2 nitrogen and oxygen atoms in total. The minimum absolute atomic E-state index is 0.949. The second kappa shape index (κ2) is 5.07. The van der Waals surface area contributed by atoms with Gasteiger partial charge in [0.1, 0.15) is 0 Å². The third-order valence-corrected chi connectivity index (χ3v) is 4.47. The molecule has 0 saturated heterocycles. The normalized spacial score (nSPS) is 11.1. The van der Waals surface area contributed by atoms with Gasteiger partial charge in [-0.3, -0.25) is 0 Å². The Morgan fingerprint density at radius 2 is 2.00 bits per heavy atom. The lowest BCUT2D eigenvalue weighted by molar-refractivity contribution is 0.692. The van der Waals surface area contributed by atoms with E-state index in [0.717, 1.165) is 13.1 Å². The molecule has 17 heavy (non-hydrogen) atoms. The van der Waals surface area contributed by atoms with E-state index < -0.39 is 0 Å². The van der Waals surface area contributed by atoms with Crippen LogP contribution in [0, 0.1) is 20.8 Å². The summed E-state index contributed by atoms with van der Waals surface area (Å²) in [5.41, 5.74) is 5.48. The lowest BCUT2D eigenvalue weighted by Gasteiger charge is -2.05. The zero-order valence-electron chi connectivity index (χ0n) is 11.0. The van der Waals surface area contributed by atoms with Gasteiger partial charge in [0, 0.05) is 36.4 Å². The molecule has 0 fully saturated rings. The molecule has 0 amide bonds. The Bertz CT molecular complexity index is 508. The molecule has 0 saturated carbocycles. The van der Waals surface area contributed by atoms with E-state index in [2.05, 4.69) is 55.2 Å². The standard InChI is InChI=1S/C14H20N2S/c1-10-5-6-17-14(10)9-15-8-13-7-11(2)16(4)12(13)3/h5-7,15H,8-9H2,1-4H3. The molecule has 2 heterocycles. The predicted molar refractivity (Wildman–Crippen MR) is 74.5 cm³/mol. The summed E-state index contributed by atoms with van der Waals surface area (Å²) in [5, 5.41) is 5.68. The van der Waals surface area contributed by atoms with Gasteiger partial charge in [0.15, 0.2) is 0 Å². The van der Waals surface area contributed by atoms with Crippen LogP contribution < -0.4 is 5.32 Å². The zero-order chi connectivity index (χ0) is 12.4. The summed E-state index contributed by atoms with van der Waals surface area (Å²) < 4.78 is 2.24. The quantitative estimate of drug-likeness (QED) is 0.878. The summed E-state index contributed by atoms with van der Waals surface area (Å²) in [6, 6.07) is 4.45. The second-order valence-corrected chi connectivity index (χ2v) is 5.59. The summed E-state index contributed by atoms with van der Waals surface area (Å²) in [4.78, 5) is 1.44. The zero-order valence-corrected chi connectivity index (χ0v) is 11.8. The van der Waals surface area contributed by atoms with Crippen LogP contribution in [-0.2, 0) is 20.1 Å². The van der Waals surface area contributed by atoms with Crippen molar-refractivity contribution in [1.82, 2.24) is 9.88 Å². The molecule has 0 unspecified atom stereocenters. The van der Waals surface area contributed by atoms with E-state index in [-0.39, 0.29) is 0 Å². The van der Waals surface area contributed by atoms with Crippen molar-refractivity contribution < 1.29 is 0 Å². The molecule has 2 aromatic heterocycles. The largest absolute Gasteiger partial charge is 0.352 e. The maximum atomic E-state index is 3.52. The number of aromatic nitrogens is 1. The average Bonchev–Trinajstić information content (AvgIpc) is 2.80. The molecule has 0 aliphatic carbocycles. The smallest absolute Gasteiger partial charge is 0.0305 e. The lowest BCUT2D eigenvalue weighted by Crippen LogP contribution is -2.12. The van der Waals surface area contributed by atoms with Crippen molar-refractivity contribution in [2.45, 2.75) is 33.9 Å². The maximum absolute atomic E-state index is 3.52. The number of nitrogens with zero attached hydrogens (tertiary/aromatic N) is 1. The summed E-state index contributed by atoms with van der Waals surface area (Å²) in [6.07, 6.45) is 0. The molecule has 2 aromatic rings. The third kappa shape index (κ3) is 2.61. The number of rotatable bonds is 4. The molecule has 0 bridgehead atoms. The lowest BCUT2D eigenvalue weighted by atomic mass is 10.2. The average molecular weight is 248 g/mol. The van der Waals surface area contributed by atoms with Gasteiger partial charge in [0.25, 0.3) is 0 Å². The highest BCUT2D eigenvalue weighted by Crippen LogP contribution is 2.16. The molecule has 2 rings (SSSR count). The van der Waals surface area contributed by atoms with Crippen LogP contribution in [-0.4, -0.2) is 4.57 Å². The Labute approximate surface area is 107 Å².